The molecule has 5 aliphatic rings. The van der Waals surface area contributed by atoms with Gasteiger partial charge in [-0.3, -0.25) is 4.79 Å². The Hall–Kier alpha value is 0.612. The summed E-state index contributed by atoms with van der Waals surface area (Å²) in [5, 5.41) is 11.5. The van der Waals surface area contributed by atoms with Gasteiger partial charge < -0.3 is 9.84 Å². The topological polar surface area (TPSA) is 46.5 Å². The predicted molar refractivity (Wildman–Crippen MR) is 81.7 cm³/mol. The van der Waals surface area contributed by atoms with E-state index in [2.05, 4.69) is 19.1 Å². The quantitative estimate of drug-likeness (QED) is 0.348. The third kappa shape index (κ3) is 2.16. The third-order valence-electron chi connectivity index (χ3n) is 8.02. The Labute approximate surface area is 174 Å². The molecular formula is C19H26AcO3. The van der Waals surface area contributed by atoms with Gasteiger partial charge in [0, 0.05) is 44.1 Å². The Bertz CT molecular complexity index is 547. The van der Waals surface area contributed by atoms with Crippen molar-refractivity contribution in [1.29, 1.82) is 0 Å². The van der Waals surface area contributed by atoms with E-state index in [4.69, 9.17) is 4.74 Å². The molecule has 4 fully saturated rings. The van der Waals surface area contributed by atoms with Crippen molar-refractivity contribution in [1.82, 2.24) is 0 Å². The second-order valence-electron chi connectivity index (χ2n) is 8.46. The molecule has 5 rings (SSSR count). The van der Waals surface area contributed by atoms with Crippen LogP contribution in [0.25, 0.3) is 0 Å². The van der Waals surface area contributed by atoms with Crippen molar-refractivity contribution in [2.24, 2.45) is 47.3 Å². The minimum absolute atomic E-state index is 0. The van der Waals surface area contributed by atoms with Crippen LogP contribution < -0.4 is 0 Å². The molecule has 1 saturated heterocycles. The zero-order valence-corrected chi connectivity index (χ0v) is 18.6. The van der Waals surface area contributed by atoms with E-state index in [9.17, 15) is 9.90 Å². The first-order chi connectivity index (χ1) is 10.6. The largest absolute Gasteiger partial charge is 0.465 e. The van der Waals surface area contributed by atoms with Crippen molar-refractivity contribution in [2.45, 2.75) is 44.6 Å². The summed E-state index contributed by atoms with van der Waals surface area (Å²) in [6.07, 6.45) is 10.1. The van der Waals surface area contributed by atoms with Crippen LogP contribution >= 0.6 is 0 Å². The monoisotopic (exact) mass is 529 g/mol. The van der Waals surface area contributed by atoms with E-state index < -0.39 is 5.60 Å². The van der Waals surface area contributed by atoms with Crippen molar-refractivity contribution in [3.05, 3.63) is 12.2 Å². The van der Waals surface area contributed by atoms with E-state index in [1.807, 2.05) is 0 Å². The van der Waals surface area contributed by atoms with E-state index in [-0.39, 0.29) is 55.9 Å². The third-order valence-corrected chi connectivity index (χ3v) is 8.02. The van der Waals surface area contributed by atoms with Gasteiger partial charge in [-0.05, 0) is 73.5 Å². The minimum atomic E-state index is -0.830. The van der Waals surface area contributed by atoms with Crippen LogP contribution in [0, 0.1) is 91.4 Å². The van der Waals surface area contributed by atoms with Gasteiger partial charge in [-0.15, -0.1) is 0 Å². The number of carbonyl (C=O) groups is 1. The summed E-state index contributed by atoms with van der Waals surface area (Å²) < 4.78 is 5.18. The van der Waals surface area contributed by atoms with E-state index >= 15 is 0 Å². The molecule has 0 aromatic carbocycles. The van der Waals surface area contributed by atoms with Crippen molar-refractivity contribution in [3.63, 3.8) is 0 Å². The molecule has 3 nitrogen and oxygen atoms in total. The van der Waals surface area contributed by atoms with Gasteiger partial charge in [0.15, 0.2) is 0 Å². The molecule has 1 N–H and O–H groups in total. The summed E-state index contributed by atoms with van der Waals surface area (Å²) in [5.74, 6) is 4.53. The Balaban J connectivity index is 0.00000135. The molecule has 1 heterocycles. The molecule has 1 aliphatic heterocycles. The number of hydrogen-bond donors (Lipinski definition) is 1. The predicted octanol–water partition coefficient (Wildman–Crippen LogP) is 2.78. The normalized spacial score (nSPS) is 51.5. The Morgan fingerprint density at radius 3 is 2.61 bits per heavy atom. The molecule has 4 heteroatoms. The molecular weight excluding hydrogens is 503 g/mol. The van der Waals surface area contributed by atoms with Crippen LogP contribution in [0.5, 0.6) is 0 Å². The molecule has 23 heavy (non-hydrogen) atoms. The van der Waals surface area contributed by atoms with Crippen LogP contribution in [0.3, 0.4) is 0 Å². The van der Waals surface area contributed by atoms with Gasteiger partial charge in [0.1, 0.15) is 0 Å². The fourth-order valence-electron chi connectivity index (χ4n) is 7.31. The molecule has 0 aromatic heterocycles. The number of allylic oxidation sites excluding steroid dienone is 2. The zero-order valence-electron chi connectivity index (χ0n) is 13.9. The molecule has 1 radical (unpaired) electrons. The summed E-state index contributed by atoms with van der Waals surface area (Å²) in [6.45, 7) is 2.54. The number of carbonyl (C=O) groups excluding carboxylic acids is 1. The Morgan fingerprint density at radius 2 is 1.96 bits per heavy atom. The molecule has 9 atom stereocenters. The smallest absolute Gasteiger partial charge is 0.312 e. The average Bonchev–Trinajstić information content (AvgIpc) is 3.29. The molecule has 9 unspecified atom stereocenters. The fourth-order valence-corrected chi connectivity index (χ4v) is 7.31. The van der Waals surface area contributed by atoms with E-state index in [0.717, 1.165) is 36.0 Å². The van der Waals surface area contributed by atoms with Gasteiger partial charge in [0.25, 0.3) is 0 Å². The second-order valence-corrected chi connectivity index (χ2v) is 8.46. The molecule has 4 bridgehead atoms. The van der Waals surface area contributed by atoms with Crippen molar-refractivity contribution in [3.8, 4) is 0 Å². The van der Waals surface area contributed by atoms with Crippen LogP contribution in [0.15, 0.2) is 12.2 Å². The maximum Gasteiger partial charge on any atom is 0.312 e. The number of aliphatic hydroxyl groups is 1. The van der Waals surface area contributed by atoms with Crippen LogP contribution in [0.4, 0.5) is 0 Å². The molecule has 3 saturated carbocycles. The molecule has 0 amide bonds. The minimum Gasteiger partial charge on any atom is -0.465 e. The van der Waals surface area contributed by atoms with Crippen LogP contribution in [-0.2, 0) is 9.53 Å². The zero-order chi connectivity index (χ0) is 15.1. The van der Waals surface area contributed by atoms with Crippen molar-refractivity contribution in [2.75, 3.05) is 6.61 Å². The van der Waals surface area contributed by atoms with Gasteiger partial charge in [-0.25, -0.2) is 0 Å². The first-order valence-electron chi connectivity index (χ1n) is 9.20. The molecule has 0 aromatic rings. The number of cyclic esters (lactones) is 1. The summed E-state index contributed by atoms with van der Waals surface area (Å²) >= 11 is 0. The van der Waals surface area contributed by atoms with E-state index in [1.54, 1.807) is 0 Å². The molecule has 0 spiro atoms. The number of rotatable bonds is 3. The van der Waals surface area contributed by atoms with Crippen molar-refractivity contribution < 1.29 is 58.7 Å². The second kappa shape index (κ2) is 5.82. The molecule has 123 valence electrons. The Kier molecular flexibility index (Phi) is 4.31. The Morgan fingerprint density at radius 1 is 1.22 bits per heavy atom. The summed E-state index contributed by atoms with van der Waals surface area (Å²) in [4.78, 5) is 12.1. The summed E-state index contributed by atoms with van der Waals surface area (Å²) in [5.41, 5.74) is -0.830. The average molecular weight is 529 g/mol. The van der Waals surface area contributed by atoms with E-state index in [0.29, 0.717) is 31.3 Å². The van der Waals surface area contributed by atoms with Crippen LogP contribution in [0.2, 0.25) is 0 Å². The van der Waals surface area contributed by atoms with Gasteiger partial charge in [-0.1, -0.05) is 19.1 Å². The van der Waals surface area contributed by atoms with Crippen molar-refractivity contribution >= 4 is 5.97 Å². The maximum absolute atomic E-state index is 12.1. The first-order valence-corrected chi connectivity index (χ1v) is 9.20. The number of fused-ring (bicyclic) bond motifs is 9. The fraction of sp³-hybridized carbons (Fsp3) is 0.842. The standard InChI is InChI=1S/C19H26O3.Ac/c1-2-19(21,14-5-6-22-18(14)20)15-9-12-8-13(15)17-11-4-3-10(7-11)16(12)17;/h3-4,10-17,21H,2,5-9H2,1H3;. The van der Waals surface area contributed by atoms with Crippen LogP contribution in [0.1, 0.15) is 39.0 Å². The maximum atomic E-state index is 12.1. The summed E-state index contributed by atoms with van der Waals surface area (Å²) in [7, 11) is 0. The number of hydrogen-bond acceptors (Lipinski definition) is 3. The van der Waals surface area contributed by atoms with Gasteiger partial charge in [0.2, 0.25) is 0 Å². The van der Waals surface area contributed by atoms with Gasteiger partial charge >= 0.3 is 5.97 Å². The van der Waals surface area contributed by atoms with Gasteiger partial charge in [-0.2, -0.15) is 0 Å². The number of esters is 1. The SMILES string of the molecule is CCC(O)(C1CCOC1=O)C1CC2CC1C1C3C=CC(C3)C21.[Ac]. The van der Waals surface area contributed by atoms with E-state index in [1.165, 1.54) is 12.8 Å². The van der Waals surface area contributed by atoms with Crippen LogP contribution in [-0.4, -0.2) is 23.3 Å². The summed E-state index contributed by atoms with van der Waals surface area (Å²) in [6, 6.07) is 0. The first kappa shape index (κ1) is 17.0. The molecule has 4 aliphatic carbocycles. The van der Waals surface area contributed by atoms with Gasteiger partial charge in [0.05, 0.1) is 18.1 Å². The number of ether oxygens (including phenoxy) is 1.